The minimum absolute atomic E-state index is 0.0945. The van der Waals surface area contributed by atoms with Crippen LogP contribution in [0.25, 0.3) is 11.3 Å². The lowest BCUT2D eigenvalue weighted by molar-refractivity contribution is 0.134. The number of benzene rings is 1. The molecule has 0 radical (unpaired) electrons. The molecule has 1 aliphatic heterocycles. The molecule has 0 aliphatic carbocycles. The molecule has 2 N–H and O–H groups in total. The van der Waals surface area contributed by atoms with Crippen LogP contribution in [0.15, 0.2) is 41.3 Å². The fourth-order valence-electron chi connectivity index (χ4n) is 3.26. The monoisotopic (exact) mass is 341 g/mol. The summed E-state index contributed by atoms with van der Waals surface area (Å²) in [5, 5.41) is 7.44. The highest BCUT2D eigenvalue weighted by Gasteiger charge is 2.27. The number of aromatic nitrogens is 4. The Morgan fingerprint density at radius 3 is 2.92 bits per heavy atom. The lowest BCUT2D eigenvalue weighted by Gasteiger charge is -2.33. The highest BCUT2D eigenvalue weighted by molar-refractivity contribution is 7.08. The van der Waals surface area contributed by atoms with Gasteiger partial charge in [0.05, 0.1) is 24.5 Å². The average molecular weight is 341 g/mol. The van der Waals surface area contributed by atoms with Crippen LogP contribution in [0.5, 0.6) is 0 Å². The van der Waals surface area contributed by atoms with Gasteiger partial charge in [0, 0.05) is 0 Å². The Kier molecular flexibility index (Phi) is 4.27. The molecule has 1 fully saturated rings. The maximum atomic E-state index is 11.3. The summed E-state index contributed by atoms with van der Waals surface area (Å²) in [7, 11) is 0. The van der Waals surface area contributed by atoms with Crippen molar-refractivity contribution < 1.29 is 0 Å². The molecule has 4 rings (SSSR count). The van der Waals surface area contributed by atoms with E-state index in [-0.39, 0.29) is 10.9 Å². The molecule has 2 aromatic heterocycles. The summed E-state index contributed by atoms with van der Waals surface area (Å²) in [4.78, 5) is 21.7. The van der Waals surface area contributed by atoms with E-state index in [0.29, 0.717) is 6.54 Å². The van der Waals surface area contributed by atoms with Gasteiger partial charge in [-0.3, -0.25) is 9.69 Å². The lowest BCUT2D eigenvalue weighted by atomic mass is 10.0. The van der Waals surface area contributed by atoms with E-state index in [0.717, 1.165) is 35.1 Å². The smallest absolute Gasteiger partial charge is 0.322 e. The molecule has 1 aromatic carbocycles. The summed E-state index contributed by atoms with van der Waals surface area (Å²) in [6, 6.07) is 10.5. The highest BCUT2D eigenvalue weighted by Crippen LogP contribution is 2.31. The first-order valence-electron chi connectivity index (χ1n) is 8.18. The number of piperidine rings is 1. The van der Waals surface area contributed by atoms with Gasteiger partial charge in [-0.05, 0) is 24.9 Å². The number of hydrogen-bond acceptors (Lipinski definition) is 5. The topological polar surface area (TPSA) is 77.7 Å². The van der Waals surface area contributed by atoms with E-state index in [9.17, 15) is 4.79 Å². The minimum Gasteiger partial charge on any atom is -0.341 e. The van der Waals surface area contributed by atoms with E-state index in [4.69, 9.17) is 0 Å². The first kappa shape index (κ1) is 15.3. The van der Waals surface area contributed by atoms with Crippen molar-refractivity contribution in [2.45, 2.75) is 31.8 Å². The number of nitrogens with one attached hydrogen (secondary N) is 2. The summed E-state index contributed by atoms with van der Waals surface area (Å²) in [6.45, 7) is 1.69. The van der Waals surface area contributed by atoms with E-state index in [1.165, 1.54) is 24.2 Å². The van der Waals surface area contributed by atoms with Crippen LogP contribution in [0, 0.1) is 0 Å². The highest BCUT2D eigenvalue weighted by atomic mass is 32.1. The Morgan fingerprint density at radius 2 is 2.12 bits per heavy atom. The van der Waals surface area contributed by atoms with Gasteiger partial charge in [0.1, 0.15) is 10.8 Å². The molecule has 0 saturated carbocycles. The van der Waals surface area contributed by atoms with Crippen molar-refractivity contribution in [3.63, 3.8) is 0 Å². The van der Waals surface area contributed by atoms with Crippen LogP contribution in [0.3, 0.4) is 0 Å². The zero-order chi connectivity index (χ0) is 16.4. The molecule has 3 aromatic rings. The van der Waals surface area contributed by atoms with Gasteiger partial charge >= 0.3 is 4.87 Å². The fourth-order valence-corrected chi connectivity index (χ4v) is 3.89. The van der Waals surface area contributed by atoms with Gasteiger partial charge in [0.15, 0.2) is 0 Å². The fraction of sp³-hybridized carbons (Fsp3) is 0.353. The molecule has 1 atom stereocenters. The Balaban J connectivity index is 1.56. The predicted octanol–water partition coefficient (Wildman–Crippen LogP) is 2.95. The molecule has 3 heterocycles. The molecule has 7 heteroatoms. The number of aromatic amines is 2. The quantitative estimate of drug-likeness (QED) is 0.765. The van der Waals surface area contributed by atoms with Crippen LogP contribution in [0.1, 0.15) is 36.1 Å². The second kappa shape index (κ2) is 6.70. The first-order valence-corrected chi connectivity index (χ1v) is 9.00. The molecule has 1 unspecified atom stereocenters. The van der Waals surface area contributed by atoms with E-state index in [1.54, 1.807) is 0 Å². The number of H-pyrrole nitrogens is 2. The number of rotatable bonds is 4. The number of nitrogens with zero attached hydrogens (tertiary/aromatic N) is 3. The van der Waals surface area contributed by atoms with Crippen molar-refractivity contribution in [2.24, 2.45) is 0 Å². The van der Waals surface area contributed by atoms with Crippen molar-refractivity contribution >= 4 is 11.3 Å². The van der Waals surface area contributed by atoms with Gasteiger partial charge in [-0.2, -0.15) is 5.10 Å². The standard InChI is InChI=1S/C17H19N5OS/c23-17-21-20-15(24-17)11-22-9-5-4-8-14(22)16-18-10-13(19-16)12-6-2-1-3-7-12/h1-3,6-7,10,14H,4-5,8-9,11H2,(H,18,19)(H,21,23). The summed E-state index contributed by atoms with van der Waals surface area (Å²) in [6.07, 6.45) is 5.34. The molecule has 0 spiro atoms. The van der Waals surface area contributed by atoms with Crippen LogP contribution in [-0.2, 0) is 6.54 Å². The van der Waals surface area contributed by atoms with Gasteiger partial charge in [0.25, 0.3) is 0 Å². The van der Waals surface area contributed by atoms with E-state index in [2.05, 4.69) is 37.2 Å². The Hall–Kier alpha value is -2.25. The van der Waals surface area contributed by atoms with Gasteiger partial charge in [-0.15, -0.1) is 0 Å². The Labute approximate surface area is 143 Å². The predicted molar refractivity (Wildman–Crippen MR) is 93.8 cm³/mol. The van der Waals surface area contributed by atoms with Gasteiger partial charge in [-0.1, -0.05) is 48.1 Å². The van der Waals surface area contributed by atoms with Crippen LogP contribution in [0.4, 0.5) is 0 Å². The minimum atomic E-state index is -0.0945. The summed E-state index contributed by atoms with van der Waals surface area (Å²) < 4.78 is 0. The third kappa shape index (κ3) is 3.18. The number of imidazole rings is 1. The second-order valence-electron chi connectivity index (χ2n) is 6.04. The molecule has 124 valence electrons. The van der Waals surface area contributed by atoms with Crippen LogP contribution in [-0.4, -0.2) is 31.6 Å². The van der Waals surface area contributed by atoms with Crippen molar-refractivity contribution in [3.05, 3.63) is 57.0 Å². The molecular weight excluding hydrogens is 322 g/mol. The molecule has 0 bridgehead atoms. The van der Waals surface area contributed by atoms with E-state index < -0.39 is 0 Å². The molecule has 24 heavy (non-hydrogen) atoms. The Bertz CT molecular complexity index is 853. The van der Waals surface area contributed by atoms with E-state index >= 15 is 0 Å². The zero-order valence-electron chi connectivity index (χ0n) is 13.2. The summed E-state index contributed by atoms with van der Waals surface area (Å²) in [5.74, 6) is 0.997. The molecule has 1 aliphatic rings. The first-order chi connectivity index (χ1) is 11.8. The second-order valence-corrected chi connectivity index (χ2v) is 7.08. The van der Waals surface area contributed by atoms with Crippen molar-refractivity contribution in [3.8, 4) is 11.3 Å². The van der Waals surface area contributed by atoms with Crippen molar-refractivity contribution in [2.75, 3.05) is 6.54 Å². The maximum Gasteiger partial charge on any atom is 0.322 e. The zero-order valence-corrected chi connectivity index (χ0v) is 14.1. The molecule has 6 nitrogen and oxygen atoms in total. The Morgan fingerprint density at radius 1 is 1.25 bits per heavy atom. The van der Waals surface area contributed by atoms with E-state index in [1.807, 2.05) is 24.4 Å². The van der Waals surface area contributed by atoms with Crippen LogP contribution < -0.4 is 4.87 Å². The summed E-state index contributed by atoms with van der Waals surface area (Å²) in [5.41, 5.74) is 2.18. The third-order valence-corrected chi connectivity index (χ3v) is 5.16. The van der Waals surface area contributed by atoms with Crippen LogP contribution in [0.2, 0.25) is 0 Å². The molecule has 0 amide bonds. The largest absolute Gasteiger partial charge is 0.341 e. The molecule has 1 saturated heterocycles. The maximum absolute atomic E-state index is 11.3. The normalized spacial score (nSPS) is 18.8. The SMILES string of the molecule is O=c1[nH]nc(CN2CCCCC2c2ncc(-c3ccccc3)[nH]2)s1. The van der Waals surface area contributed by atoms with Gasteiger partial charge in [0.2, 0.25) is 0 Å². The van der Waals surface area contributed by atoms with Crippen molar-refractivity contribution in [1.29, 1.82) is 0 Å². The number of hydrogen-bond donors (Lipinski definition) is 2. The third-order valence-electron chi connectivity index (χ3n) is 4.43. The average Bonchev–Trinajstić information content (AvgIpc) is 3.26. The van der Waals surface area contributed by atoms with Crippen LogP contribution >= 0.6 is 11.3 Å². The lowest BCUT2D eigenvalue weighted by Crippen LogP contribution is -2.33. The van der Waals surface area contributed by atoms with Gasteiger partial charge < -0.3 is 4.98 Å². The van der Waals surface area contributed by atoms with Gasteiger partial charge in [-0.25, -0.2) is 10.1 Å². The molecular formula is C17H19N5OS. The summed E-state index contributed by atoms with van der Waals surface area (Å²) >= 11 is 1.19. The number of likely N-dealkylation sites (tertiary alicyclic amines) is 1. The van der Waals surface area contributed by atoms with Crippen molar-refractivity contribution in [1.82, 2.24) is 25.1 Å².